The van der Waals surface area contributed by atoms with E-state index in [9.17, 15) is 0 Å². The van der Waals surface area contributed by atoms with Gasteiger partial charge in [0.1, 0.15) is 12.7 Å². The zero-order valence-electron chi connectivity index (χ0n) is 26.4. The third kappa shape index (κ3) is 14.1. The molecule has 4 aromatic carbocycles. The maximum atomic E-state index is 5.66. The minimum Gasteiger partial charge on any atom is -0.486 e. The SMILES string of the molecule is C.C.CCC1COc2ccccc2O1.CCCCc1ccccc1.CCOCc1ccccc1.CCc1c[nH]c2ccccc12. The molecule has 0 saturated carbocycles. The minimum absolute atomic E-state index is 0. The Labute approximate surface area is 273 Å². The molecular formula is C41H57NO3. The first-order valence-electron chi connectivity index (χ1n) is 15.8. The molecule has 6 rings (SSSR count). The summed E-state index contributed by atoms with van der Waals surface area (Å²) in [7, 11) is 0. The summed E-state index contributed by atoms with van der Waals surface area (Å²) >= 11 is 0. The topological polar surface area (TPSA) is 43.5 Å². The summed E-state index contributed by atoms with van der Waals surface area (Å²) in [6.07, 6.45) is 8.24. The molecule has 0 bridgehead atoms. The van der Waals surface area contributed by atoms with Crippen molar-refractivity contribution in [2.45, 2.75) is 87.4 Å². The molecule has 0 radical (unpaired) electrons. The number of ether oxygens (including phenoxy) is 3. The Kier molecular flexibility index (Phi) is 20.3. The first-order valence-corrected chi connectivity index (χ1v) is 15.8. The summed E-state index contributed by atoms with van der Waals surface area (Å²) < 4.78 is 16.4. The number of hydrogen-bond acceptors (Lipinski definition) is 3. The van der Waals surface area contributed by atoms with Crippen molar-refractivity contribution in [1.29, 1.82) is 0 Å². The number of para-hydroxylation sites is 3. The highest BCUT2D eigenvalue weighted by molar-refractivity contribution is 5.82. The molecule has 0 fully saturated rings. The largest absolute Gasteiger partial charge is 0.486 e. The summed E-state index contributed by atoms with van der Waals surface area (Å²) in [6.45, 7) is 10.7. The lowest BCUT2D eigenvalue weighted by atomic mass is 10.1. The van der Waals surface area contributed by atoms with Gasteiger partial charge in [-0.25, -0.2) is 0 Å². The van der Waals surface area contributed by atoms with E-state index in [-0.39, 0.29) is 21.0 Å². The number of hydrogen-bond donors (Lipinski definition) is 1. The molecule has 4 heteroatoms. The predicted molar refractivity (Wildman–Crippen MR) is 195 cm³/mol. The number of nitrogens with one attached hydrogen (secondary N) is 1. The molecule has 244 valence electrons. The van der Waals surface area contributed by atoms with Gasteiger partial charge in [0, 0.05) is 23.7 Å². The molecule has 45 heavy (non-hydrogen) atoms. The molecule has 0 spiro atoms. The highest BCUT2D eigenvalue weighted by Gasteiger charge is 2.18. The van der Waals surface area contributed by atoms with Crippen LogP contribution in [0.5, 0.6) is 11.5 Å². The third-order valence-electron chi connectivity index (χ3n) is 7.06. The standard InChI is InChI=1S/C10H11N.C10H12O2.C10H14.C9H12O.2CH4/c1-2-8-7-11-10-6-4-3-5-9(8)10;1-2-8-7-11-9-5-3-4-6-10(9)12-8;1-2-3-7-10-8-5-4-6-9-10;1-2-10-8-9-6-4-3-5-7-9;;/h3-7,11H,2H2,1H3;3-6,8H,2,7H2,1H3;4-6,8-9H,2-3,7H2,1H3;3-7H,2,8H2,1H3;2*1H4. The van der Waals surface area contributed by atoms with Crippen molar-refractivity contribution in [3.8, 4) is 11.5 Å². The zero-order valence-corrected chi connectivity index (χ0v) is 26.4. The van der Waals surface area contributed by atoms with Crippen molar-refractivity contribution >= 4 is 10.9 Å². The van der Waals surface area contributed by atoms with Gasteiger partial charge >= 0.3 is 0 Å². The van der Waals surface area contributed by atoms with Gasteiger partial charge in [-0.3, -0.25) is 0 Å². The molecule has 0 aliphatic carbocycles. The summed E-state index contributed by atoms with van der Waals surface area (Å²) in [5, 5.41) is 1.36. The van der Waals surface area contributed by atoms with Gasteiger partial charge in [0.15, 0.2) is 11.5 Å². The maximum absolute atomic E-state index is 5.66. The zero-order chi connectivity index (χ0) is 30.5. The maximum Gasteiger partial charge on any atom is 0.161 e. The fraction of sp³-hybridized carbons (Fsp3) is 0.366. The second-order valence-electron chi connectivity index (χ2n) is 10.3. The first kappa shape index (κ1) is 39.0. The van der Waals surface area contributed by atoms with Crippen molar-refractivity contribution < 1.29 is 14.2 Å². The van der Waals surface area contributed by atoms with Gasteiger partial charge in [-0.05, 0) is 67.5 Å². The fourth-order valence-electron chi connectivity index (χ4n) is 4.51. The number of aromatic amines is 1. The molecule has 1 aromatic heterocycles. The van der Waals surface area contributed by atoms with Crippen LogP contribution in [0.2, 0.25) is 0 Å². The summed E-state index contributed by atoms with van der Waals surface area (Å²) in [5.41, 5.74) is 5.35. The highest BCUT2D eigenvalue weighted by atomic mass is 16.6. The van der Waals surface area contributed by atoms with E-state index in [1.165, 1.54) is 46.9 Å². The minimum atomic E-state index is 0. The van der Waals surface area contributed by atoms with E-state index in [1.807, 2.05) is 49.4 Å². The molecule has 1 N–H and O–H groups in total. The van der Waals surface area contributed by atoms with E-state index in [4.69, 9.17) is 14.2 Å². The lowest BCUT2D eigenvalue weighted by Crippen LogP contribution is -2.28. The molecule has 1 atom stereocenters. The van der Waals surface area contributed by atoms with Crippen molar-refractivity contribution in [3.05, 3.63) is 132 Å². The van der Waals surface area contributed by atoms with Crippen LogP contribution >= 0.6 is 0 Å². The van der Waals surface area contributed by atoms with Gasteiger partial charge in [-0.1, -0.05) is 133 Å². The number of H-pyrrole nitrogens is 1. The Morgan fingerprint density at radius 2 is 1.31 bits per heavy atom. The lowest BCUT2D eigenvalue weighted by Gasteiger charge is -2.25. The average Bonchev–Trinajstić information content (AvgIpc) is 3.51. The number of aryl methyl sites for hydroxylation is 2. The van der Waals surface area contributed by atoms with E-state index >= 15 is 0 Å². The average molecular weight is 612 g/mol. The number of benzene rings is 4. The second kappa shape index (κ2) is 23.4. The van der Waals surface area contributed by atoms with Gasteiger partial charge in [0.05, 0.1) is 6.61 Å². The van der Waals surface area contributed by atoms with Crippen LogP contribution in [-0.4, -0.2) is 24.3 Å². The van der Waals surface area contributed by atoms with Gasteiger partial charge in [-0.2, -0.15) is 0 Å². The Morgan fingerprint density at radius 1 is 0.711 bits per heavy atom. The molecule has 1 unspecified atom stereocenters. The smallest absolute Gasteiger partial charge is 0.161 e. The van der Waals surface area contributed by atoms with Crippen molar-refractivity contribution in [2.24, 2.45) is 0 Å². The van der Waals surface area contributed by atoms with E-state index in [1.54, 1.807) is 0 Å². The third-order valence-corrected chi connectivity index (χ3v) is 7.06. The van der Waals surface area contributed by atoms with Crippen molar-refractivity contribution in [3.63, 3.8) is 0 Å². The molecule has 0 amide bonds. The Balaban J connectivity index is 0.000000297. The number of aromatic nitrogens is 1. The van der Waals surface area contributed by atoms with Gasteiger partial charge in [0.25, 0.3) is 0 Å². The normalized spacial score (nSPS) is 12.4. The summed E-state index contributed by atoms with van der Waals surface area (Å²) in [4.78, 5) is 3.24. The monoisotopic (exact) mass is 611 g/mol. The molecule has 5 aromatic rings. The van der Waals surface area contributed by atoms with Gasteiger partial charge in [-0.15, -0.1) is 0 Å². The van der Waals surface area contributed by atoms with Crippen LogP contribution in [0.4, 0.5) is 0 Å². The quantitative estimate of drug-likeness (QED) is 0.190. The Morgan fingerprint density at radius 3 is 1.93 bits per heavy atom. The van der Waals surface area contributed by atoms with Crippen LogP contribution < -0.4 is 9.47 Å². The summed E-state index contributed by atoms with van der Waals surface area (Å²) in [5.74, 6) is 1.73. The number of rotatable bonds is 8. The Bertz CT molecular complexity index is 1350. The van der Waals surface area contributed by atoms with E-state index in [0.717, 1.165) is 37.6 Å². The van der Waals surface area contributed by atoms with E-state index in [0.29, 0.717) is 6.61 Å². The molecule has 2 heterocycles. The van der Waals surface area contributed by atoms with E-state index in [2.05, 4.69) is 98.7 Å². The molecule has 0 saturated heterocycles. The fourth-order valence-corrected chi connectivity index (χ4v) is 4.51. The van der Waals surface area contributed by atoms with Crippen LogP contribution in [0.3, 0.4) is 0 Å². The molecule has 1 aliphatic heterocycles. The van der Waals surface area contributed by atoms with Crippen molar-refractivity contribution in [2.75, 3.05) is 13.2 Å². The van der Waals surface area contributed by atoms with Crippen LogP contribution in [0.15, 0.2) is 115 Å². The lowest BCUT2D eigenvalue weighted by molar-refractivity contribution is 0.0884. The van der Waals surface area contributed by atoms with Crippen molar-refractivity contribution in [1.82, 2.24) is 4.98 Å². The van der Waals surface area contributed by atoms with Gasteiger partial charge in [0.2, 0.25) is 0 Å². The van der Waals surface area contributed by atoms with Crippen LogP contribution in [0.25, 0.3) is 10.9 Å². The van der Waals surface area contributed by atoms with E-state index < -0.39 is 0 Å². The number of unbranched alkanes of at least 4 members (excludes halogenated alkanes) is 1. The molecule has 4 nitrogen and oxygen atoms in total. The first-order chi connectivity index (χ1) is 21.2. The van der Waals surface area contributed by atoms with Crippen LogP contribution in [-0.2, 0) is 24.2 Å². The molecular weight excluding hydrogens is 554 g/mol. The number of fused-ring (bicyclic) bond motifs is 2. The highest BCUT2D eigenvalue weighted by Crippen LogP contribution is 2.31. The van der Waals surface area contributed by atoms with Gasteiger partial charge < -0.3 is 19.2 Å². The van der Waals surface area contributed by atoms with Crippen LogP contribution in [0.1, 0.15) is 78.5 Å². The van der Waals surface area contributed by atoms with Crippen LogP contribution in [0, 0.1) is 0 Å². The second-order valence-corrected chi connectivity index (χ2v) is 10.3. The predicted octanol–water partition coefficient (Wildman–Crippen LogP) is 11.5. The summed E-state index contributed by atoms with van der Waals surface area (Å²) in [6, 6.07) is 37.0. The molecule has 1 aliphatic rings. The Hall–Kier alpha value is -4.02.